The number of hydrogen-bond acceptors (Lipinski definition) is 5. The van der Waals surface area contributed by atoms with Crippen molar-refractivity contribution in [2.24, 2.45) is 0 Å². The Morgan fingerprint density at radius 1 is 1.19 bits per heavy atom. The third kappa shape index (κ3) is 4.75. The third-order valence-electron chi connectivity index (χ3n) is 4.51. The number of nitrogens with one attached hydrogen (secondary N) is 1. The zero-order chi connectivity index (χ0) is 22.7. The zero-order valence-electron chi connectivity index (χ0n) is 17.1. The number of urea groups is 1. The average Bonchev–Trinajstić information content (AvgIpc) is 2.72. The van der Waals surface area contributed by atoms with Gasteiger partial charge in [-0.1, -0.05) is 34.5 Å². The SMILES string of the molecule is CCCOc1c(Cl)cc(/C=C2/C(=O)NC(=O)N(c3ccc(Br)c(C)c3)C2=O)cc1OC. The normalized spacial score (nSPS) is 15.3. The van der Waals surface area contributed by atoms with Crippen molar-refractivity contribution in [3.8, 4) is 11.5 Å². The Hall–Kier alpha value is -2.84. The van der Waals surface area contributed by atoms with E-state index in [1.165, 1.54) is 13.2 Å². The fourth-order valence-electron chi connectivity index (χ4n) is 2.99. The monoisotopic (exact) mass is 506 g/mol. The molecule has 0 atom stereocenters. The van der Waals surface area contributed by atoms with Crippen molar-refractivity contribution in [1.82, 2.24) is 5.32 Å². The number of aryl methyl sites for hydroxylation is 1. The molecule has 1 heterocycles. The summed E-state index contributed by atoms with van der Waals surface area (Å²) in [6.07, 6.45) is 2.15. The molecule has 1 aliphatic rings. The number of carbonyl (C=O) groups excluding carboxylic acids is 3. The first-order chi connectivity index (χ1) is 14.8. The first-order valence-electron chi connectivity index (χ1n) is 9.44. The topological polar surface area (TPSA) is 84.9 Å². The van der Waals surface area contributed by atoms with E-state index in [2.05, 4.69) is 21.2 Å². The fourth-order valence-corrected chi connectivity index (χ4v) is 3.51. The van der Waals surface area contributed by atoms with Crippen LogP contribution in [0.3, 0.4) is 0 Å². The van der Waals surface area contributed by atoms with Crippen LogP contribution in [0, 0.1) is 6.92 Å². The minimum Gasteiger partial charge on any atom is -0.493 e. The summed E-state index contributed by atoms with van der Waals surface area (Å²) in [5, 5.41) is 2.48. The molecule has 3 rings (SSSR count). The summed E-state index contributed by atoms with van der Waals surface area (Å²) in [5.41, 5.74) is 1.42. The largest absolute Gasteiger partial charge is 0.493 e. The van der Waals surface area contributed by atoms with E-state index in [0.29, 0.717) is 29.4 Å². The van der Waals surface area contributed by atoms with Gasteiger partial charge < -0.3 is 9.47 Å². The Balaban J connectivity index is 2.01. The Kier molecular flexibility index (Phi) is 7.02. The minimum absolute atomic E-state index is 0.208. The lowest BCUT2D eigenvalue weighted by molar-refractivity contribution is -0.122. The highest BCUT2D eigenvalue weighted by molar-refractivity contribution is 9.10. The van der Waals surface area contributed by atoms with Crippen LogP contribution in [0.5, 0.6) is 11.5 Å². The van der Waals surface area contributed by atoms with Crippen LogP contribution in [0.25, 0.3) is 6.08 Å². The van der Waals surface area contributed by atoms with Gasteiger partial charge in [-0.05, 0) is 60.9 Å². The summed E-state index contributed by atoms with van der Waals surface area (Å²) in [6.45, 7) is 4.26. The maximum Gasteiger partial charge on any atom is 0.335 e. The fraction of sp³-hybridized carbons (Fsp3) is 0.227. The molecule has 2 aromatic carbocycles. The Bertz CT molecular complexity index is 1100. The van der Waals surface area contributed by atoms with Crippen molar-refractivity contribution in [2.75, 3.05) is 18.6 Å². The van der Waals surface area contributed by atoms with E-state index >= 15 is 0 Å². The van der Waals surface area contributed by atoms with Crippen molar-refractivity contribution in [3.05, 3.63) is 56.5 Å². The Labute approximate surface area is 193 Å². The molecule has 0 aromatic heterocycles. The number of methoxy groups -OCH3 is 1. The molecule has 1 saturated heterocycles. The summed E-state index contributed by atoms with van der Waals surface area (Å²) in [7, 11) is 1.47. The molecule has 0 aliphatic carbocycles. The molecule has 0 bridgehead atoms. The second-order valence-corrected chi connectivity index (χ2v) is 8.04. The molecule has 0 radical (unpaired) electrons. The second kappa shape index (κ2) is 9.53. The van der Waals surface area contributed by atoms with Crippen LogP contribution in [0.1, 0.15) is 24.5 Å². The molecule has 1 N–H and O–H groups in total. The third-order valence-corrected chi connectivity index (χ3v) is 5.69. The molecule has 2 aromatic rings. The van der Waals surface area contributed by atoms with Crippen LogP contribution >= 0.6 is 27.5 Å². The number of ether oxygens (including phenoxy) is 2. The van der Waals surface area contributed by atoms with Gasteiger partial charge in [-0.3, -0.25) is 14.9 Å². The van der Waals surface area contributed by atoms with Gasteiger partial charge in [0.2, 0.25) is 0 Å². The van der Waals surface area contributed by atoms with E-state index < -0.39 is 17.8 Å². The maximum atomic E-state index is 13.1. The van der Waals surface area contributed by atoms with Crippen molar-refractivity contribution in [2.45, 2.75) is 20.3 Å². The van der Waals surface area contributed by atoms with E-state index in [1.807, 2.05) is 13.8 Å². The number of anilines is 1. The average molecular weight is 508 g/mol. The molecule has 0 unspecified atom stereocenters. The van der Waals surface area contributed by atoms with Gasteiger partial charge in [0, 0.05) is 4.47 Å². The van der Waals surface area contributed by atoms with Crippen molar-refractivity contribution in [3.63, 3.8) is 0 Å². The lowest BCUT2D eigenvalue weighted by Gasteiger charge is -2.26. The van der Waals surface area contributed by atoms with E-state index in [9.17, 15) is 14.4 Å². The summed E-state index contributed by atoms with van der Waals surface area (Å²) in [4.78, 5) is 38.8. The summed E-state index contributed by atoms with van der Waals surface area (Å²) in [6, 6.07) is 7.37. The molecule has 4 amide bonds. The standard InChI is InChI=1S/C22H20BrClN2O5/c1-4-7-31-19-17(24)10-13(11-18(19)30-3)9-15-20(27)25-22(29)26(21(15)28)14-5-6-16(23)12(2)8-14/h5-6,8-11H,4,7H2,1-3H3,(H,25,27,29)/b15-9-. The van der Waals surface area contributed by atoms with Crippen LogP contribution in [0.15, 0.2) is 40.4 Å². The summed E-state index contributed by atoms with van der Waals surface area (Å²) >= 11 is 9.72. The van der Waals surface area contributed by atoms with Crippen LogP contribution in [0.4, 0.5) is 10.5 Å². The molecule has 1 aliphatic heterocycles. The predicted octanol–water partition coefficient (Wildman–Crippen LogP) is 4.87. The maximum absolute atomic E-state index is 13.1. The molecule has 162 valence electrons. The highest BCUT2D eigenvalue weighted by Crippen LogP contribution is 2.37. The predicted molar refractivity (Wildman–Crippen MR) is 122 cm³/mol. The number of benzene rings is 2. The van der Waals surface area contributed by atoms with Gasteiger partial charge >= 0.3 is 6.03 Å². The van der Waals surface area contributed by atoms with Crippen LogP contribution in [-0.4, -0.2) is 31.6 Å². The number of barbiturate groups is 1. The highest BCUT2D eigenvalue weighted by atomic mass is 79.9. The lowest BCUT2D eigenvalue weighted by Crippen LogP contribution is -2.54. The minimum atomic E-state index is -0.812. The molecule has 1 fully saturated rings. The van der Waals surface area contributed by atoms with Crippen molar-refractivity contribution in [1.29, 1.82) is 0 Å². The van der Waals surface area contributed by atoms with Crippen LogP contribution in [-0.2, 0) is 9.59 Å². The lowest BCUT2D eigenvalue weighted by atomic mass is 10.1. The number of carbonyl (C=O) groups is 3. The highest BCUT2D eigenvalue weighted by Gasteiger charge is 2.37. The molecular formula is C22H20BrClN2O5. The number of nitrogens with zero attached hydrogens (tertiary/aromatic N) is 1. The second-order valence-electron chi connectivity index (χ2n) is 6.77. The van der Waals surface area contributed by atoms with Gasteiger partial charge in [0.15, 0.2) is 11.5 Å². The number of amides is 4. The summed E-state index contributed by atoms with van der Waals surface area (Å²) in [5.74, 6) is -0.777. The number of halogens is 2. The van der Waals surface area contributed by atoms with Gasteiger partial charge in [0.05, 0.1) is 24.4 Å². The van der Waals surface area contributed by atoms with Gasteiger partial charge in [-0.15, -0.1) is 0 Å². The van der Waals surface area contributed by atoms with E-state index in [-0.39, 0.29) is 10.6 Å². The van der Waals surface area contributed by atoms with Gasteiger partial charge in [-0.25, -0.2) is 9.69 Å². The molecule has 7 nitrogen and oxygen atoms in total. The van der Waals surface area contributed by atoms with Gasteiger partial charge in [0.1, 0.15) is 5.57 Å². The Morgan fingerprint density at radius 3 is 2.58 bits per heavy atom. The van der Waals surface area contributed by atoms with E-state index in [0.717, 1.165) is 21.4 Å². The quantitative estimate of drug-likeness (QED) is 0.445. The van der Waals surface area contributed by atoms with E-state index in [1.54, 1.807) is 30.3 Å². The molecular weight excluding hydrogens is 488 g/mol. The number of rotatable bonds is 6. The van der Waals surface area contributed by atoms with Crippen molar-refractivity contribution >= 4 is 57.1 Å². The van der Waals surface area contributed by atoms with Crippen molar-refractivity contribution < 1.29 is 23.9 Å². The zero-order valence-corrected chi connectivity index (χ0v) is 19.5. The Morgan fingerprint density at radius 2 is 1.94 bits per heavy atom. The first kappa shape index (κ1) is 22.8. The smallest absolute Gasteiger partial charge is 0.335 e. The molecule has 31 heavy (non-hydrogen) atoms. The van der Waals surface area contributed by atoms with Gasteiger partial charge in [0.25, 0.3) is 11.8 Å². The number of imide groups is 2. The van der Waals surface area contributed by atoms with E-state index in [4.69, 9.17) is 21.1 Å². The van der Waals surface area contributed by atoms with Crippen LogP contribution < -0.4 is 19.7 Å². The summed E-state index contributed by atoms with van der Waals surface area (Å²) < 4.78 is 11.8. The first-order valence-corrected chi connectivity index (χ1v) is 10.6. The molecule has 0 spiro atoms. The van der Waals surface area contributed by atoms with Crippen LogP contribution in [0.2, 0.25) is 5.02 Å². The molecule has 9 heteroatoms. The number of hydrogen-bond donors (Lipinski definition) is 1. The van der Waals surface area contributed by atoms with Gasteiger partial charge in [-0.2, -0.15) is 0 Å². The molecule has 0 saturated carbocycles.